The van der Waals surface area contributed by atoms with E-state index in [2.05, 4.69) is 15.6 Å². The minimum Gasteiger partial charge on any atom is -0.381 e. The predicted molar refractivity (Wildman–Crippen MR) is 120 cm³/mol. The Hall–Kier alpha value is -0.260. The van der Waals surface area contributed by atoms with Crippen LogP contribution in [0, 0.1) is 5.92 Å². The molecular formula is C18H33IN4O3S. The van der Waals surface area contributed by atoms with Crippen molar-refractivity contribution in [1.29, 1.82) is 0 Å². The van der Waals surface area contributed by atoms with E-state index in [0.29, 0.717) is 12.0 Å². The number of likely N-dealkylation sites (N-methyl/N-ethyl adjacent to an activating group) is 1. The van der Waals surface area contributed by atoms with Gasteiger partial charge in [0.1, 0.15) is 6.54 Å². The normalized spacial score (nSPS) is 30.8. The van der Waals surface area contributed by atoms with Crippen molar-refractivity contribution in [2.45, 2.75) is 37.3 Å². The molecule has 0 aromatic heterocycles. The van der Waals surface area contributed by atoms with Crippen LogP contribution < -0.4 is 10.6 Å². The quantitative estimate of drug-likeness (QED) is 0.329. The van der Waals surface area contributed by atoms with E-state index in [1.54, 1.807) is 19.0 Å². The van der Waals surface area contributed by atoms with Gasteiger partial charge in [0.15, 0.2) is 5.96 Å². The highest BCUT2D eigenvalue weighted by Gasteiger charge is 2.40. The number of thioether (sulfide) groups is 1. The molecule has 1 amide bonds. The van der Waals surface area contributed by atoms with E-state index in [1.807, 2.05) is 11.8 Å². The number of hydrogen-bond acceptors (Lipinski definition) is 5. The van der Waals surface area contributed by atoms with Crippen molar-refractivity contribution in [1.82, 2.24) is 15.5 Å². The van der Waals surface area contributed by atoms with Crippen LogP contribution in [0.4, 0.5) is 0 Å². The number of nitrogens with one attached hydrogen (secondary N) is 2. The molecule has 3 aliphatic rings. The summed E-state index contributed by atoms with van der Waals surface area (Å²) < 4.78 is 11.6. The summed E-state index contributed by atoms with van der Waals surface area (Å²) in [5.41, 5.74) is 0.0322. The van der Waals surface area contributed by atoms with Gasteiger partial charge in [-0.2, -0.15) is 11.8 Å². The summed E-state index contributed by atoms with van der Waals surface area (Å²) in [6.45, 7) is 3.42. The molecule has 0 bridgehead atoms. The minimum absolute atomic E-state index is 0. The fourth-order valence-corrected chi connectivity index (χ4v) is 5.01. The van der Waals surface area contributed by atoms with Gasteiger partial charge in [0.2, 0.25) is 5.91 Å². The van der Waals surface area contributed by atoms with Gasteiger partial charge in [0, 0.05) is 51.6 Å². The van der Waals surface area contributed by atoms with Crippen molar-refractivity contribution in [2.75, 3.05) is 58.5 Å². The standard InChI is InChI=1S/C18H32N4O3S.HI/c1-22(2)16(23)11-20-17(19-10-14-3-6-24-12-14)21-15-4-7-25-18(9-15)5-8-26-13-18;/h14-15H,3-13H2,1-2H3,(H2,19,20,21);1H. The van der Waals surface area contributed by atoms with Gasteiger partial charge in [-0.15, -0.1) is 24.0 Å². The fraction of sp³-hybridized carbons (Fsp3) is 0.889. The molecule has 3 aliphatic heterocycles. The van der Waals surface area contributed by atoms with E-state index in [4.69, 9.17) is 9.47 Å². The SMILES string of the molecule is CN(C)C(=O)CN=C(NCC1CCOC1)NC1CCOC2(CCSC2)C1.I. The Morgan fingerprint density at radius 2 is 2.19 bits per heavy atom. The van der Waals surface area contributed by atoms with Crippen molar-refractivity contribution >= 4 is 47.6 Å². The first-order valence-corrected chi connectivity index (χ1v) is 10.8. The zero-order valence-electron chi connectivity index (χ0n) is 16.4. The molecule has 3 fully saturated rings. The maximum absolute atomic E-state index is 11.9. The first kappa shape index (κ1) is 23.0. The number of guanidine groups is 1. The van der Waals surface area contributed by atoms with E-state index >= 15 is 0 Å². The van der Waals surface area contributed by atoms with Gasteiger partial charge in [-0.1, -0.05) is 0 Å². The monoisotopic (exact) mass is 512 g/mol. The molecule has 7 nitrogen and oxygen atoms in total. The highest BCUT2D eigenvalue weighted by Crippen LogP contribution is 2.38. The second-order valence-corrected chi connectivity index (χ2v) is 8.84. The number of carbonyl (C=O) groups excluding carboxylic acids is 1. The molecule has 3 heterocycles. The van der Waals surface area contributed by atoms with E-state index in [1.165, 1.54) is 5.75 Å². The van der Waals surface area contributed by atoms with Crippen LogP contribution in [0.25, 0.3) is 0 Å². The Labute approximate surface area is 183 Å². The molecule has 0 radical (unpaired) electrons. The molecule has 27 heavy (non-hydrogen) atoms. The summed E-state index contributed by atoms with van der Waals surface area (Å²) in [5, 5.41) is 6.99. The molecule has 9 heteroatoms. The molecule has 3 unspecified atom stereocenters. The molecule has 2 N–H and O–H groups in total. The number of carbonyl (C=O) groups is 1. The van der Waals surface area contributed by atoms with Gasteiger partial charge in [0.05, 0.1) is 12.2 Å². The van der Waals surface area contributed by atoms with Crippen LogP contribution in [0.3, 0.4) is 0 Å². The molecule has 3 rings (SSSR count). The molecule has 156 valence electrons. The third-order valence-electron chi connectivity index (χ3n) is 5.35. The molecular weight excluding hydrogens is 479 g/mol. The average molecular weight is 512 g/mol. The lowest BCUT2D eigenvalue weighted by molar-refractivity contribution is -0.127. The van der Waals surface area contributed by atoms with Crippen molar-refractivity contribution in [3.8, 4) is 0 Å². The zero-order valence-corrected chi connectivity index (χ0v) is 19.5. The fourth-order valence-electron chi connectivity index (χ4n) is 3.63. The molecule has 3 saturated heterocycles. The van der Waals surface area contributed by atoms with Gasteiger partial charge in [-0.3, -0.25) is 4.79 Å². The minimum atomic E-state index is 0. The van der Waals surface area contributed by atoms with Crippen molar-refractivity contribution in [2.24, 2.45) is 10.9 Å². The first-order chi connectivity index (χ1) is 12.6. The third kappa shape index (κ3) is 6.93. The number of nitrogens with zero attached hydrogens (tertiary/aromatic N) is 2. The number of hydrogen-bond donors (Lipinski definition) is 2. The summed E-state index contributed by atoms with van der Waals surface area (Å²) in [5.74, 6) is 3.53. The van der Waals surface area contributed by atoms with Crippen LogP contribution in [0.1, 0.15) is 25.7 Å². The lowest BCUT2D eigenvalue weighted by Gasteiger charge is -2.38. The molecule has 3 atom stereocenters. The van der Waals surface area contributed by atoms with Crippen LogP contribution in [-0.4, -0.2) is 86.9 Å². The number of halogens is 1. The van der Waals surface area contributed by atoms with Gasteiger partial charge >= 0.3 is 0 Å². The van der Waals surface area contributed by atoms with E-state index in [9.17, 15) is 4.79 Å². The molecule has 0 aromatic rings. The molecule has 0 saturated carbocycles. The molecule has 0 aromatic carbocycles. The average Bonchev–Trinajstić information content (AvgIpc) is 3.29. The number of aliphatic imine (C=N–C) groups is 1. The topological polar surface area (TPSA) is 75.2 Å². The smallest absolute Gasteiger partial charge is 0.243 e. The number of amides is 1. The summed E-state index contributed by atoms with van der Waals surface area (Å²) in [7, 11) is 3.52. The summed E-state index contributed by atoms with van der Waals surface area (Å²) in [6.07, 6.45) is 4.19. The second kappa shape index (κ2) is 11.1. The van der Waals surface area contributed by atoms with Crippen molar-refractivity contribution in [3.63, 3.8) is 0 Å². The zero-order chi connectivity index (χ0) is 18.4. The largest absolute Gasteiger partial charge is 0.381 e. The lowest BCUT2D eigenvalue weighted by atomic mass is 9.90. The number of ether oxygens (including phenoxy) is 2. The van der Waals surface area contributed by atoms with Gasteiger partial charge in [-0.25, -0.2) is 4.99 Å². The second-order valence-electron chi connectivity index (χ2n) is 7.73. The Morgan fingerprint density at radius 1 is 1.33 bits per heavy atom. The highest BCUT2D eigenvalue weighted by molar-refractivity contribution is 14.0. The third-order valence-corrected chi connectivity index (χ3v) is 6.58. The highest BCUT2D eigenvalue weighted by atomic mass is 127. The lowest BCUT2D eigenvalue weighted by Crippen LogP contribution is -2.52. The van der Waals surface area contributed by atoms with Crippen molar-refractivity contribution in [3.05, 3.63) is 0 Å². The van der Waals surface area contributed by atoms with Gasteiger partial charge in [-0.05, 0) is 31.4 Å². The molecule has 1 spiro atoms. The predicted octanol–water partition coefficient (Wildman–Crippen LogP) is 1.32. The van der Waals surface area contributed by atoms with Crippen LogP contribution in [-0.2, 0) is 14.3 Å². The summed E-state index contributed by atoms with van der Waals surface area (Å²) in [4.78, 5) is 18.0. The molecule has 0 aliphatic carbocycles. The van der Waals surface area contributed by atoms with E-state index in [0.717, 1.165) is 63.8 Å². The Morgan fingerprint density at radius 3 is 2.85 bits per heavy atom. The van der Waals surface area contributed by atoms with Crippen LogP contribution in [0.2, 0.25) is 0 Å². The van der Waals surface area contributed by atoms with E-state index in [-0.39, 0.29) is 42.0 Å². The summed E-state index contributed by atoms with van der Waals surface area (Å²) >= 11 is 1.98. The Balaban J connectivity index is 0.00000261. The number of rotatable bonds is 5. The first-order valence-electron chi connectivity index (χ1n) is 9.61. The van der Waals surface area contributed by atoms with Gasteiger partial charge < -0.3 is 25.0 Å². The summed E-state index contributed by atoms with van der Waals surface area (Å²) in [6, 6.07) is 0.336. The van der Waals surface area contributed by atoms with Crippen LogP contribution >= 0.6 is 35.7 Å². The maximum atomic E-state index is 11.9. The Bertz CT molecular complexity index is 509. The van der Waals surface area contributed by atoms with Crippen LogP contribution in [0.5, 0.6) is 0 Å². The van der Waals surface area contributed by atoms with Gasteiger partial charge in [0.25, 0.3) is 0 Å². The van der Waals surface area contributed by atoms with E-state index < -0.39 is 0 Å². The van der Waals surface area contributed by atoms with Crippen LogP contribution in [0.15, 0.2) is 4.99 Å². The maximum Gasteiger partial charge on any atom is 0.243 e. The Kier molecular flexibility index (Phi) is 9.43. The van der Waals surface area contributed by atoms with Crippen molar-refractivity contribution < 1.29 is 14.3 Å².